The van der Waals surface area contributed by atoms with Crippen molar-refractivity contribution in [3.63, 3.8) is 0 Å². The summed E-state index contributed by atoms with van der Waals surface area (Å²) in [5, 5.41) is 22.8. The van der Waals surface area contributed by atoms with Crippen molar-refractivity contribution in [2.45, 2.75) is 71.1 Å². The second-order valence-electron chi connectivity index (χ2n) is 15.8. The zero-order valence-corrected chi connectivity index (χ0v) is 34.0. The van der Waals surface area contributed by atoms with E-state index in [-0.39, 0.29) is 17.0 Å². The number of pyridine rings is 2. The zero-order valence-electron chi connectivity index (χ0n) is 31.5. The van der Waals surface area contributed by atoms with Crippen molar-refractivity contribution in [1.29, 1.82) is 0 Å². The maximum atomic E-state index is 13.5. The van der Waals surface area contributed by atoms with Crippen LogP contribution in [0, 0.1) is 0 Å². The molecule has 1 fully saturated rings. The average Bonchev–Trinajstić information content (AvgIpc) is 3.75. The normalized spacial score (nSPS) is 16.9. The van der Waals surface area contributed by atoms with Crippen LogP contribution in [0.5, 0.6) is 0 Å². The third-order valence-electron chi connectivity index (χ3n) is 10.9. The fourth-order valence-corrected chi connectivity index (χ4v) is 8.34. The van der Waals surface area contributed by atoms with Crippen LogP contribution in [-0.2, 0) is 24.1 Å². The van der Waals surface area contributed by atoms with Crippen LogP contribution >= 0.6 is 23.2 Å². The lowest BCUT2D eigenvalue weighted by Gasteiger charge is -2.37. The number of halogens is 2. The first-order chi connectivity index (χ1) is 25.8. The van der Waals surface area contributed by atoms with Crippen LogP contribution in [0.1, 0.15) is 48.9 Å². The number of nitrogens with one attached hydrogen (secondary N) is 2. The van der Waals surface area contributed by atoms with Gasteiger partial charge in [0.15, 0.2) is 19.8 Å². The van der Waals surface area contributed by atoms with Crippen LogP contribution in [0.4, 0.5) is 17.2 Å². The van der Waals surface area contributed by atoms with Crippen LogP contribution in [0.2, 0.25) is 28.2 Å². The van der Waals surface area contributed by atoms with Crippen molar-refractivity contribution in [2.75, 3.05) is 43.4 Å². The third-order valence-corrected chi connectivity index (χ3v) is 16.2. The Morgan fingerprint density at radius 3 is 2.44 bits per heavy atom. The van der Waals surface area contributed by atoms with E-state index in [1.165, 1.54) is 0 Å². The molecule has 0 unspecified atom stereocenters. The predicted molar refractivity (Wildman–Crippen MR) is 219 cm³/mol. The van der Waals surface area contributed by atoms with Gasteiger partial charge in [0.2, 0.25) is 0 Å². The van der Waals surface area contributed by atoms with Gasteiger partial charge in [-0.05, 0) is 60.4 Å². The first-order valence-electron chi connectivity index (χ1n) is 18.5. The van der Waals surface area contributed by atoms with Crippen LogP contribution in [-0.4, -0.2) is 87.8 Å². The third kappa shape index (κ3) is 8.35. The summed E-state index contributed by atoms with van der Waals surface area (Å²) >= 11 is 14.0. The largest absolute Gasteiger partial charge is 0.416 e. The van der Waals surface area contributed by atoms with Crippen LogP contribution in [0.15, 0.2) is 67.0 Å². The minimum Gasteiger partial charge on any atom is -0.416 e. The number of likely N-dealkylation sites (tertiary alicyclic amines) is 1. The summed E-state index contributed by atoms with van der Waals surface area (Å²) in [5.74, 6) is 0.244. The summed E-state index contributed by atoms with van der Waals surface area (Å²) in [4.78, 5) is 27.4. The van der Waals surface area contributed by atoms with E-state index in [0.29, 0.717) is 70.3 Å². The Bertz CT molecular complexity index is 2170. The van der Waals surface area contributed by atoms with Crippen molar-refractivity contribution >= 4 is 65.5 Å². The van der Waals surface area contributed by atoms with Crippen molar-refractivity contribution in [1.82, 2.24) is 29.5 Å². The molecular formula is C40H48Cl2N8O3Si. The van der Waals surface area contributed by atoms with Crippen LogP contribution in [0.3, 0.4) is 0 Å². The molecule has 0 spiro atoms. The topological polar surface area (TPSA) is 121 Å². The summed E-state index contributed by atoms with van der Waals surface area (Å²) in [6, 6.07) is 17.1. The molecule has 1 atom stereocenters. The molecule has 7 rings (SSSR count). The van der Waals surface area contributed by atoms with E-state index in [4.69, 9.17) is 32.6 Å². The highest BCUT2D eigenvalue weighted by molar-refractivity contribution is 6.74. The van der Waals surface area contributed by atoms with Crippen LogP contribution < -0.4 is 10.6 Å². The van der Waals surface area contributed by atoms with E-state index >= 15 is 0 Å². The van der Waals surface area contributed by atoms with Gasteiger partial charge in [0, 0.05) is 74.8 Å². The minimum absolute atomic E-state index is 0.172. The van der Waals surface area contributed by atoms with E-state index < -0.39 is 8.32 Å². The van der Waals surface area contributed by atoms with Gasteiger partial charge in [0.05, 0.1) is 39.8 Å². The molecule has 2 aliphatic rings. The van der Waals surface area contributed by atoms with Gasteiger partial charge in [-0.1, -0.05) is 68.2 Å². The smallest absolute Gasteiger partial charge is 0.276 e. The van der Waals surface area contributed by atoms with E-state index in [1.807, 2.05) is 53.3 Å². The Morgan fingerprint density at radius 1 is 0.981 bits per heavy atom. The quantitative estimate of drug-likeness (QED) is 0.114. The fourth-order valence-electron chi connectivity index (χ4n) is 6.75. The summed E-state index contributed by atoms with van der Waals surface area (Å²) in [6.45, 7) is 17.4. The molecule has 5 heterocycles. The number of aliphatic hydroxyl groups excluding tert-OH is 1. The van der Waals surface area contributed by atoms with Gasteiger partial charge in [-0.15, -0.1) is 0 Å². The van der Waals surface area contributed by atoms with Gasteiger partial charge < -0.3 is 20.2 Å². The molecule has 0 radical (unpaired) electrons. The number of aliphatic hydroxyl groups is 1. The molecule has 0 bridgehead atoms. The molecule has 284 valence electrons. The number of hydrogen-bond acceptors (Lipinski definition) is 9. The molecule has 0 aliphatic carbocycles. The molecule has 3 N–H and O–H groups in total. The number of amides is 1. The van der Waals surface area contributed by atoms with Crippen molar-refractivity contribution in [3.8, 4) is 11.1 Å². The van der Waals surface area contributed by atoms with Crippen molar-refractivity contribution < 1.29 is 14.3 Å². The molecular weight excluding hydrogens is 739 g/mol. The number of nitrogens with zero attached hydrogens (tertiary/aromatic N) is 6. The summed E-state index contributed by atoms with van der Waals surface area (Å²) in [7, 11) is -1.81. The number of fused-ring (bicyclic) bond motifs is 2. The first-order valence-corrected chi connectivity index (χ1v) is 22.1. The Morgan fingerprint density at radius 2 is 1.72 bits per heavy atom. The molecule has 1 saturated heterocycles. The number of hydrogen-bond donors (Lipinski definition) is 3. The molecule has 14 heteroatoms. The van der Waals surface area contributed by atoms with Crippen LogP contribution in [0.25, 0.3) is 22.0 Å². The number of carbonyl (C=O) groups is 1. The fraction of sp³-hybridized carbons (Fsp3) is 0.400. The van der Waals surface area contributed by atoms with Gasteiger partial charge in [0.1, 0.15) is 5.52 Å². The standard InChI is InChI=1S/C40H48Cl2N8O3Si/c1-40(2,3)54(4,5)53-19-18-48-16-17-50-28(24-48)21-34(47-50)39(52)46-33-11-7-9-31(36(33)42)30-8-6-10-32(35(30)41)45-38-37-27(12-14-43-38)20-26(22-44-37)23-49-15-13-29(51)25-49/h6-12,14,20-22,29,51H,13,15-19,23-25H2,1-5H3,(H,43,45)(H,46,52)/t29-/m1/s1. The van der Waals surface area contributed by atoms with Crippen molar-refractivity contribution in [2.24, 2.45) is 0 Å². The van der Waals surface area contributed by atoms with Gasteiger partial charge in [-0.2, -0.15) is 5.10 Å². The molecule has 5 aromatic rings. The van der Waals surface area contributed by atoms with E-state index in [0.717, 1.165) is 54.8 Å². The summed E-state index contributed by atoms with van der Waals surface area (Å²) in [6.07, 6.45) is 4.14. The van der Waals surface area contributed by atoms with Gasteiger partial charge in [-0.3, -0.25) is 24.3 Å². The second-order valence-corrected chi connectivity index (χ2v) is 21.4. The SMILES string of the molecule is CC(C)(C)[Si](C)(C)OCCN1CCn2nc(C(=O)Nc3cccc(-c4cccc(Nc5nccc6cc(CN7CC[C@@H](O)C7)cnc56)c4Cl)c3Cl)cc2C1. The summed E-state index contributed by atoms with van der Waals surface area (Å²) in [5.41, 5.74) is 5.60. The zero-order chi connectivity index (χ0) is 38.2. The molecule has 3 aromatic heterocycles. The number of β-amino-alcohol motifs (C(OH)–C–C–N with tert-alkyl or cyclic N) is 1. The molecule has 54 heavy (non-hydrogen) atoms. The molecule has 11 nitrogen and oxygen atoms in total. The Balaban J connectivity index is 1.03. The predicted octanol–water partition coefficient (Wildman–Crippen LogP) is 8.20. The Hall–Kier alpha value is -3.88. The molecule has 1 amide bonds. The number of rotatable bonds is 11. The lowest BCUT2D eigenvalue weighted by atomic mass is 10.0. The number of benzene rings is 2. The lowest BCUT2D eigenvalue weighted by Crippen LogP contribution is -2.43. The molecule has 2 aromatic carbocycles. The highest BCUT2D eigenvalue weighted by atomic mass is 35.5. The maximum Gasteiger partial charge on any atom is 0.276 e. The number of carbonyl (C=O) groups excluding carboxylic acids is 1. The van der Waals surface area contributed by atoms with E-state index in [1.54, 1.807) is 12.3 Å². The van der Waals surface area contributed by atoms with E-state index in [2.05, 4.69) is 70.4 Å². The van der Waals surface area contributed by atoms with Gasteiger partial charge in [0.25, 0.3) is 5.91 Å². The monoisotopic (exact) mass is 786 g/mol. The van der Waals surface area contributed by atoms with Gasteiger partial charge in [-0.25, -0.2) is 4.98 Å². The summed E-state index contributed by atoms with van der Waals surface area (Å²) < 4.78 is 8.31. The number of aromatic nitrogens is 4. The Kier molecular flexibility index (Phi) is 11.2. The lowest BCUT2D eigenvalue weighted by molar-refractivity contribution is 0.102. The Labute approximate surface area is 327 Å². The second kappa shape index (κ2) is 15.7. The molecule has 0 saturated carbocycles. The van der Waals surface area contributed by atoms with E-state index in [9.17, 15) is 9.90 Å². The number of anilines is 3. The highest BCUT2D eigenvalue weighted by Crippen LogP contribution is 2.41. The van der Waals surface area contributed by atoms with Crippen molar-refractivity contribution in [3.05, 3.63) is 94.0 Å². The average molecular weight is 788 g/mol. The van der Waals surface area contributed by atoms with Gasteiger partial charge >= 0.3 is 0 Å². The molecule has 2 aliphatic heterocycles. The maximum absolute atomic E-state index is 13.5. The minimum atomic E-state index is -1.81. The first kappa shape index (κ1) is 38.4. The highest BCUT2D eigenvalue weighted by Gasteiger charge is 2.37.